The molecule has 1 fully saturated rings. The van der Waals surface area contributed by atoms with E-state index in [1.165, 1.54) is 0 Å². The van der Waals surface area contributed by atoms with Crippen LogP contribution in [0.1, 0.15) is 40.5 Å². The van der Waals surface area contributed by atoms with Gasteiger partial charge in [-0.3, -0.25) is 14.8 Å². The molecule has 0 saturated carbocycles. The molecular formula is C19H20N6O. The third-order valence-corrected chi connectivity index (χ3v) is 4.63. The van der Waals surface area contributed by atoms with Crippen LogP contribution >= 0.6 is 0 Å². The number of aromatic amines is 1. The third-order valence-electron chi connectivity index (χ3n) is 4.63. The molecule has 0 aliphatic carbocycles. The lowest BCUT2D eigenvalue weighted by Crippen LogP contribution is -2.39. The molecule has 7 heteroatoms. The van der Waals surface area contributed by atoms with Crippen molar-refractivity contribution in [2.75, 3.05) is 13.1 Å². The number of rotatable bonds is 3. The van der Waals surface area contributed by atoms with Crippen molar-refractivity contribution in [2.24, 2.45) is 0 Å². The van der Waals surface area contributed by atoms with E-state index in [4.69, 9.17) is 4.98 Å². The number of likely N-dealkylation sites (tertiary alicyclic amines) is 1. The number of carbonyl (C=O) groups excluding carboxylic acids is 1. The lowest BCUT2D eigenvalue weighted by atomic mass is 9.94. The summed E-state index contributed by atoms with van der Waals surface area (Å²) in [5.74, 6) is 0.914. The van der Waals surface area contributed by atoms with Crippen molar-refractivity contribution < 1.29 is 4.79 Å². The summed E-state index contributed by atoms with van der Waals surface area (Å²) in [5, 5.41) is 0. The molecule has 0 aromatic carbocycles. The van der Waals surface area contributed by atoms with Gasteiger partial charge in [-0.25, -0.2) is 9.97 Å². The second-order valence-corrected chi connectivity index (χ2v) is 6.58. The van der Waals surface area contributed by atoms with Gasteiger partial charge in [0.15, 0.2) is 5.82 Å². The number of amides is 1. The largest absolute Gasteiger partial charge is 0.341 e. The van der Waals surface area contributed by atoms with Crippen molar-refractivity contribution in [1.82, 2.24) is 29.8 Å². The van der Waals surface area contributed by atoms with Crippen molar-refractivity contribution in [3.63, 3.8) is 0 Å². The summed E-state index contributed by atoms with van der Waals surface area (Å²) < 4.78 is 0. The van der Waals surface area contributed by atoms with Crippen molar-refractivity contribution in [2.45, 2.75) is 25.7 Å². The Morgan fingerprint density at radius 3 is 2.92 bits per heavy atom. The normalized spacial score (nSPS) is 17.3. The monoisotopic (exact) mass is 348 g/mol. The predicted octanol–water partition coefficient (Wildman–Crippen LogP) is 2.59. The van der Waals surface area contributed by atoms with Crippen LogP contribution in [0.3, 0.4) is 0 Å². The predicted molar refractivity (Wildman–Crippen MR) is 96.5 cm³/mol. The molecule has 1 N–H and O–H groups in total. The quantitative estimate of drug-likeness (QED) is 0.786. The summed E-state index contributed by atoms with van der Waals surface area (Å²) in [7, 11) is 0. The van der Waals surface area contributed by atoms with Crippen LogP contribution in [0.2, 0.25) is 0 Å². The van der Waals surface area contributed by atoms with Gasteiger partial charge in [0.25, 0.3) is 5.91 Å². The van der Waals surface area contributed by atoms with E-state index in [1.807, 2.05) is 11.8 Å². The van der Waals surface area contributed by atoms with Crippen LogP contribution in [0.15, 0.2) is 43.1 Å². The van der Waals surface area contributed by atoms with Crippen molar-refractivity contribution in [3.05, 3.63) is 60.1 Å². The molecule has 4 heterocycles. The number of aromatic nitrogens is 5. The van der Waals surface area contributed by atoms with Crippen LogP contribution < -0.4 is 0 Å². The summed E-state index contributed by atoms with van der Waals surface area (Å²) >= 11 is 0. The van der Waals surface area contributed by atoms with Crippen LogP contribution in [0.4, 0.5) is 0 Å². The molecule has 4 rings (SSSR count). The maximum absolute atomic E-state index is 12.7. The molecule has 3 aromatic heterocycles. The Balaban J connectivity index is 1.54. The van der Waals surface area contributed by atoms with Crippen molar-refractivity contribution >= 4 is 5.91 Å². The molecule has 0 bridgehead atoms. The van der Waals surface area contributed by atoms with Gasteiger partial charge >= 0.3 is 0 Å². The number of carbonyl (C=O) groups is 1. The Bertz CT molecular complexity index is 907. The second kappa shape index (κ2) is 7.03. The number of piperidine rings is 1. The van der Waals surface area contributed by atoms with Crippen LogP contribution in [0, 0.1) is 6.92 Å². The zero-order valence-corrected chi connectivity index (χ0v) is 14.6. The molecular weight excluding hydrogens is 328 g/mol. The highest BCUT2D eigenvalue weighted by molar-refractivity contribution is 5.94. The molecule has 1 amide bonds. The van der Waals surface area contributed by atoms with E-state index in [0.717, 1.165) is 42.3 Å². The van der Waals surface area contributed by atoms with E-state index in [9.17, 15) is 4.79 Å². The Morgan fingerprint density at radius 2 is 2.15 bits per heavy atom. The SMILES string of the molecule is Cc1cnc(-c2cncc(C3CCCN(C(=O)c4cccnc4)C3)n2)[nH]1. The molecule has 7 nitrogen and oxygen atoms in total. The second-order valence-electron chi connectivity index (χ2n) is 6.58. The van der Waals surface area contributed by atoms with E-state index in [0.29, 0.717) is 12.1 Å². The maximum Gasteiger partial charge on any atom is 0.255 e. The fraction of sp³-hybridized carbons (Fsp3) is 0.316. The van der Waals surface area contributed by atoms with Crippen LogP contribution in [-0.4, -0.2) is 48.8 Å². The minimum Gasteiger partial charge on any atom is -0.341 e. The van der Waals surface area contributed by atoms with E-state index in [2.05, 4.69) is 19.9 Å². The first-order valence-corrected chi connectivity index (χ1v) is 8.74. The van der Waals surface area contributed by atoms with Gasteiger partial charge < -0.3 is 9.88 Å². The van der Waals surface area contributed by atoms with Crippen LogP contribution in [0.25, 0.3) is 11.5 Å². The number of aryl methyl sites for hydroxylation is 1. The number of hydrogen-bond acceptors (Lipinski definition) is 5. The first-order valence-electron chi connectivity index (χ1n) is 8.74. The maximum atomic E-state index is 12.7. The molecule has 1 saturated heterocycles. The van der Waals surface area contributed by atoms with Gasteiger partial charge in [-0.2, -0.15) is 0 Å². The Hall–Kier alpha value is -3.09. The van der Waals surface area contributed by atoms with E-state index >= 15 is 0 Å². The van der Waals surface area contributed by atoms with Crippen LogP contribution in [0.5, 0.6) is 0 Å². The zero-order valence-electron chi connectivity index (χ0n) is 14.6. The van der Waals surface area contributed by atoms with E-state index in [-0.39, 0.29) is 11.8 Å². The number of nitrogens with one attached hydrogen (secondary N) is 1. The minimum atomic E-state index is 0.0218. The average molecular weight is 348 g/mol. The topological polar surface area (TPSA) is 87.7 Å². The van der Waals surface area contributed by atoms with Gasteiger partial charge in [-0.1, -0.05) is 0 Å². The van der Waals surface area contributed by atoms with Crippen molar-refractivity contribution in [1.29, 1.82) is 0 Å². The van der Waals surface area contributed by atoms with E-state index in [1.54, 1.807) is 43.1 Å². The summed E-state index contributed by atoms with van der Waals surface area (Å²) in [4.78, 5) is 35.2. The number of H-pyrrole nitrogens is 1. The standard InChI is InChI=1S/C19H20N6O/c1-13-8-22-18(23-13)17-11-21-10-16(24-17)15-5-3-7-25(12-15)19(26)14-4-2-6-20-9-14/h2,4,6,8-11,15H,3,5,7,12H2,1H3,(H,22,23). The highest BCUT2D eigenvalue weighted by Gasteiger charge is 2.27. The zero-order chi connectivity index (χ0) is 17.9. The fourth-order valence-corrected chi connectivity index (χ4v) is 3.31. The molecule has 1 aliphatic heterocycles. The summed E-state index contributed by atoms with van der Waals surface area (Å²) in [6.07, 6.45) is 10.5. The van der Waals surface area contributed by atoms with E-state index < -0.39 is 0 Å². The lowest BCUT2D eigenvalue weighted by Gasteiger charge is -2.32. The molecule has 1 aliphatic rings. The Kier molecular flexibility index (Phi) is 4.43. The molecule has 26 heavy (non-hydrogen) atoms. The Morgan fingerprint density at radius 1 is 1.23 bits per heavy atom. The van der Waals surface area contributed by atoms with Gasteiger partial charge in [0.1, 0.15) is 5.69 Å². The van der Waals surface area contributed by atoms with Gasteiger partial charge in [0.2, 0.25) is 0 Å². The molecule has 0 radical (unpaired) electrons. The molecule has 3 aromatic rings. The number of pyridine rings is 1. The Labute approximate surface area is 151 Å². The lowest BCUT2D eigenvalue weighted by molar-refractivity contribution is 0.0705. The smallest absolute Gasteiger partial charge is 0.255 e. The highest BCUT2D eigenvalue weighted by Crippen LogP contribution is 2.27. The van der Waals surface area contributed by atoms with Gasteiger partial charge in [0.05, 0.1) is 17.5 Å². The minimum absolute atomic E-state index is 0.0218. The summed E-state index contributed by atoms with van der Waals surface area (Å²) in [5.41, 5.74) is 3.24. The average Bonchev–Trinajstić information content (AvgIpc) is 3.15. The number of hydrogen-bond donors (Lipinski definition) is 1. The van der Waals surface area contributed by atoms with Gasteiger partial charge in [-0.15, -0.1) is 0 Å². The highest BCUT2D eigenvalue weighted by atomic mass is 16.2. The first-order chi connectivity index (χ1) is 12.7. The molecule has 1 unspecified atom stereocenters. The molecule has 0 spiro atoms. The van der Waals surface area contributed by atoms with Crippen molar-refractivity contribution in [3.8, 4) is 11.5 Å². The summed E-state index contributed by atoms with van der Waals surface area (Å²) in [6.45, 7) is 3.36. The molecule has 1 atom stereocenters. The number of imidazole rings is 1. The first kappa shape index (κ1) is 16.4. The number of nitrogens with zero attached hydrogens (tertiary/aromatic N) is 5. The van der Waals surface area contributed by atoms with Gasteiger partial charge in [-0.05, 0) is 31.9 Å². The third kappa shape index (κ3) is 3.33. The van der Waals surface area contributed by atoms with Gasteiger partial charge in [0, 0.05) is 49.5 Å². The molecule has 132 valence electrons. The summed E-state index contributed by atoms with van der Waals surface area (Å²) in [6, 6.07) is 3.59. The fourth-order valence-electron chi connectivity index (χ4n) is 3.31. The van der Waals surface area contributed by atoms with Crippen LogP contribution in [-0.2, 0) is 0 Å².